The van der Waals surface area contributed by atoms with E-state index in [1.165, 1.54) is 0 Å². The van der Waals surface area contributed by atoms with Gasteiger partial charge in [-0.25, -0.2) is 4.98 Å². The van der Waals surface area contributed by atoms with Crippen LogP contribution in [0.3, 0.4) is 0 Å². The fourth-order valence-corrected chi connectivity index (χ4v) is 2.82. The highest BCUT2D eigenvalue weighted by Gasteiger charge is 2.18. The molecule has 1 aromatic heterocycles. The van der Waals surface area contributed by atoms with Crippen molar-refractivity contribution in [2.75, 3.05) is 31.6 Å². The van der Waals surface area contributed by atoms with Crippen LogP contribution in [0.15, 0.2) is 12.4 Å². The number of anilines is 1. The van der Waals surface area contributed by atoms with E-state index in [4.69, 9.17) is 9.72 Å². The average Bonchev–Trinajstić information content (AvgIpc) is 2.49. The molecule has 3 rings (SSSR count). The number of nitrogens with zero attached hydrogens (tertiary/aromatic N) is 2. The van der Waals surface area contributed by atoms with Crippen LogP contribution in [0.5, 0.6) is 0 Å². The van der Waals surface area contributed by atoms with Crippen LogP contribution < -0.4 is 10.6 Å². The predicted molar refractivity (Wildman–Crippen MR) is 74.3 cm³/mol. The molecular weight excluding hydrogens is 240 g/mol. The molecule has 0 bridgehead atoms. The second-order valence-corrected chi connectivity index (χ2v) is 5.38. The average molecular weight is 262 g/mol. The highest BCUT2D eigenvalue weighted by molar-refractivity contribution is 5.34. The molecule has 0 amide bonds. The first kappa shape index (κ1) is 12.8. The zero-order valence-electron chi connectivity index (χ0n) is 11.3. The van der Waals surface area contributed by atoms with Gasteiger partial charge in [0.25, 0.3) is 0 Å². The van der Waals surface area contributed by atoms with Gasteiger partial charge in [-0.1, -0.05) is 0 Å². The molecule has 2 N–H and O–H groups in total. The molecule has 19 heavy (non-hydrogen) atoms. The van der Waals surface area contributed by atoms with Crippen molar-refractivity contribution in [3.05, 3.63) is 18.1 Å². The molecule has 5 heteroatoms. The zero-order chi connectivity index (χ0) is 12.9. The van der Waals surface area contributed by atoms with Gasteiger partial charge < -0.3 is 15.4 Å². The standard InChI is InChI=1S/C14H22N4O/c1-5-15-6-2-11(1)13-9-16-10-14(18-13)17-12-3-7-19-8-4-12/h9-12,15H,1-8H2,(H,17,18). The largest absolute Gasteiger partial charge is 0.381 e. The van der Waals surface area contributed by atoms with Crippen molar-refractivity contribution >= 4 is 5.82 Å². The van der Waals surface area contributed by atoms with Gasteiger partial charge in [0.15, 0.2) is 0 Å². The Bertz CT molecular complexity index is 400. The fraction of sp³-hybridized carbons (Fsp3) is 0.714. The lowest BCUT2D eigenvalue weighted by atomic mass is 9.95. The lowest BCUT2D eigenvalue weighted by Crippen LogP contribution is -2.29. The van der Waals surface area contributed by atoms with Crippen LogP contribution in [0.1, 0.15) is 37.3 Å². The molecule has 0 saturated carbocycles. The summed E-state index contributed by atoms with van der Waals surface area (Å²) in [6.07, 6.45) is 8.19. The normalized spacial score (nSPS) is 22.3. The molecule has 3 heterocycles. The van der Waals surface area contributed by atoms with Crippen LogP contribution in [-0.2, 0) is 4.74 Å². The summed E-state index contributed by atoms with van der Waals surface area (Å²) in [5.74, 6) is 1.48. The maximum Gasteiger partial charge on any atom is 0.145 e. The minimum absolute atomic E-state index is 0.478. The number of hydrogen-bond acceptors (Lipinski definition) is 5. The van der Waals surface area contributed by atoms with E-state index in [1.807, 2.05) is 12.4 Å². The summed E-state index contributed by atoms with van der Waals surface area (Å²) in [6, 6.07) is 0.478. The Morgan fingerprint density at radius 3 is 2.68 bits per heavy atom. The molecule has 0 unspecified atom stereocenters. The van der Waals surface area contributed by atoms with E-state index in [-0.39, 0.29) is 0 Å². The molecule has 5 nitrogen and oxygen atoms in total. The Balaban J connectivity index is 1.64. The van der Waals surface area contributed by atoms with E-state index >= 15 is 0 Å². The summed E-state index contributed by atoms with van der Waals surface area (Å²) < 4.78 is 5.37. The van der Waals surface area contributed by atoms with Crippen LogP contribution in [0, 0.1) is 0 Å². The lowest BCUT2D eigenvalue weighted by molar-refractivity contribution is 0.0904. The highest BCUT2D eigenvalue weighted by atomic mass is 16.5. The van der Waals surface area contributed by atoms with Crippen molar-refractivity contribution < 1.29 is 4.74 Å². The lowest BCUT2D eigenvalue weighted by Gasteiger charge is -2.25. The predicted octanol–water partition coefficient (Wildman–Crippen LogP) is 1.53. The van der Waals surface area contributed by atoms with Crippen molar-refractivity contribution in [2.45, 2.75) is 37.6 Å². The maximum absolute atomic E-state index is 5.37. The number of nitrogens with one attached hydrogen (secondary N) is 2. The smallest absolute Gasteiger partial charge is 0.145 e. The summed E-state index contributed by atoms with van der Waals surface area (Å²) in [7, 11) is 0. The van der Waals surface area contributed by atoms with Gasteiger partial charge in [-0.3, -0.25) is 4.98 Å². The Hall–Kier alpha value is -1.20. The van der Waals surface area contributed by atoms with Crippen molar-refractivity contribution in [2.24, 2.45) is 0 Å². The molecule has 0 atom stereocenters. The van der Waals surface area contributed by atoms with Gasteiger partial charge in [-0.05, 0) is 38.8 Å². The number of hydrogen-bond donors (Lipinski definition) is 2. The molecule has 1 aromatic rings. The number of piperidine rings is 1. The second kappa shape index (κ2) is 6.30. The van der Waals surface area contributed by atoms with Gasteiger partial charge >= 0.3 is 0 Å². The van der Waals surface area contributed by atoms with Gasteiger partial charge in [-0.15, -0.1) is 0 Å². The van der Waals surface area contributed by atoms with E-state index in [0.717, 1.165) is 63.5 Å². The van der Waals surface area contributed by atoms with Crippen LogP contribution in [0.4, 0.5) is 5.82 Å². The minimum atomic E-state index is 0.478. The first-order valence-corrected chi connectivity index (χ1v) is 7.29. The Morgan fingerprint density at radius 2 is 1.89 bits per heavy atom. The molecule has 2 aliphatic rings. The van der Waals surface area contributed by atoms with Gasteiger partial charge in [0.1, 0.15) is 5.82 Å². The van der Waals surface area contributed by atoms with Crippen molar-refractivity contribution in [1.29, 1.82) is 0 Å². The molecular formula is C14H22N4O. The first-order chi connectivity index (χ1) is 9.42. The topological polar surface area (TPSA) is 59.1 Å². The summed E-state index contributed by atoms with van der Waals surface area (Å²) >= 11 is 0. The first-order valence-electron chi connectivity index (χ1n) is 7.29. The van der Waals surface area contributed by atoms with Gasteiger partial charge in [-0.2, -0.15) is 0 Å². The quantitative estimate of drug-likeness (QED) is 0.865. The van der Waals surface area contributed by atoms with Crippen molar-refractivity contribution in [1.82, 2.24) is 15.3 Å². The highest BCUT2D eigenvalue weighted by Crippen LogP contribution is 2.24. The van der Waals surface area contributed by atoms with Gasteiger partial charge in [0.05, 0.1) is 11.9 Å². The minimum Gasteiger partial charge on any atom is -0.381 e. The Morgan fingerprint density at radius 1 is 1.11 bits per heavy atom. The van der Waals surface area contributed by atoms with Gasteiger partial charge in [0, 0.05) is 31.4 Å². The number of rotatable bonds is 3. The van der Waals surface area contributed by atoms with Crippen molar-refractivity contribution in [3.63, 3.8) is 0 Å². The fourth-order valence-electron chi connectivity index (χ4n) is 2.82. The Kier molecular flexibility index (Phi) is 4.25. The molecule has 104 valence electrons. The van der Waals surface area contributed by atoms with E-state index < -0.39 is 0 Å². The maximum atomic E-state index is 5.37. The summed E-state index contributed by atoms with van der Waals surface area (Å²) in [4.78, 5) is 9.10. The molecule has 2 fully saturated rings. The summed E-state index contributed by atoms with van der Waals surface area (Å²) in [5, 5.41) is 6.88. The molecule has 2 saturated heterocycles. The SMILES string of the molecule is c1ncc(C2CCNCC2)nc1NC1CCOCC1. The number of aromatic nitrogens is 2. The zero-order valence-corrected chi connectivity index (χ0v) is 11.3. The van der Waals surface area contributed by atoms with E-state index in [2.05, 4.69) is 15.6 Å². The van der Waals surface area contributed by atoms with Crippen LogP contribution >= 0.6 is 0 Å². The van der Waals surface area contributed by atoms with Crippen LogP contribution in [0.25, 0.3) is 0 Å². The third-order valence-electron chi connectivity index (χ3n) is 3.98. The molecule has 0 spiro atoms. The van der Waals surface area contributed by atoms with Crippen LogP contribution in [0.2, 0.25) is 0 Å². The molecule has 0 radical (unpaired) electrons. The van der Waals surface area contributed by atoms with E-state index in [9.17, 15) is 0 Å². The molecule has 0 aliphatic carbocycles. The monoisotopic (exact) mass is 262 g/mol. The third-order valence-corrected chi connectivity index (χ3v) is 3.98. The number of ether oxygens (including phenoxy) is 1. The third kappa shape index (κ3) is 3.42. The van der Waals surface area contributed by atoms with E-state index in [0.29, 0.717) is 12.0 Å². The van der Waals surface area contributed by atoms with Crippen molar-refractivity contribution in [3.8, 4) is 0 Å². The second-order valence-electron chi connectivity index (χ2n) is 5.38. The summed E-state index contributed by atoms with van der Waals surface area (Å²) in [5.41, 5.74) is 1.14. The Labute approximate surface area is 114 Å². The van der Waals surface area contributed by atoms with Gasteiger partial charge in [0.2, 0.25) is 0 Å². The summed E-state index contributed by atoms with van der Waals surface area (Å²) in [6.45, 7) is 3.87. The van der Waals surface area contributed by atoms with Crippen LogP contribution in [-0.4, -0.2) is 42.3 Å². The molecule has 2 aliphatic heterocycles. The van der Waals surface area contributed by atoms with E-state index in [1.54, 1.807) is 0 Å². The molecule has 0 aromatic carbocycles.